The summed E-state index contributed by atoms with van der Waals surface area (Å²) in [5.41, 5.74) is -0.144. The molecule has 0 amide bonds. The number of hydrogen-bond donors (Lipinski definition) is 11. The van der Waals surface area contributed by atoms with Crippen molar-refractivity contribution in [1.29, 1.82) is 0 Å². The third-order valence-corrected chi connectivity index (χ3v) is 10.2. The quantitative estimate of drug-likeness (QED) is 0.105. The van der Waals surface area contributed by atoms with Crippen molar-refractivity contribution in [2.75, 3.05) is 6.61 Å². The normalized spacial score (nSPS) is 35.8. The summed E-state index contributed by atoms with van der Waals surface area (Å²) >= 11 is 0. The number of hydrogen-bond acceptors (Lipinski definition) is 19. The molecule has 19 heteroatoms. The zero-order valence-electron chi connectivity index (χ0n) is 31.2. The first kappa shape index (κ1) is 42.7. The number of aromatic hydroxyl groups is 2. The van der Waals surface area contributed by atoms with E-state index in [4.69, 9.17) is 32.8 Å². The number of allylic oxidation sites excluding steroid dienone is 2. The summed E-state index contributed by atoms with van der Waals surface area (Å²) < 4.78 is 41.3. The second-order valence-electron chi connectivity index (χ2n) is 14.6. The highest BCUT2D eigenvalue weighted by Gasteiger charge is 2.51. The fourth-order valence-electron chi connectivity index (χ4n) is 6.80. The second-order valence-corrected chi connectivity index (χ2v) is 14.6. The minimum Gasteiger partial charge on any atom is -0.508 e. The van der Waals surface area contributed by atoms with Crippen LogP contribution in [0.1, 0.15) is 33.3 Å². The fraction of sp³-hybridized carbons (Fsp3) is 0.553. The Morgan fingerprint density at radius 3 is 1.96 bits per heavy atom. The number of benzene rings is 2. The van der Waals surface area contributed by atoms with E-state index in [2.05, 4.69) is 0 Å². The van der Waals surface area contributed by atoms with Gasteiger partial charge in [0.25, 0.3) is 0 Å². The van der Waals surface area contributed by atoms with Gasteiger partial charge in [0.05, 0.1) is 18.8 Å². The van der Waals surface area contributed by atoms with Crippen molar-refractivity contribution in [3.8, 4) is 34.3 Å². The van der Waals surface area contributed by atoms with Gasteiger partial charge in [0.2, 0.25) is 23.8 Å². The molecule has 314 valence electrons. The maximum Gasteiger partial charge on any atom is 0.239 e. The summed E-state index contributed by atoms with van der Waals surface area (Å²) in [6, 6.07) is 6.38. The minimum atomic E-state index is -1.84. The number of rotatable bonds is 10. The standard InChI is InChI=1S/C38H48O19/c1-13(2)5-10-18-20(53-37-31(50)28(47)25(44)21(12-39)54-37)11-19(41)22-26(45)34(32(55-33(18)22)16-6-8-17(40)9-7-16)56-38-35(29(48)24(43)15(4)52-38)57-36-30(49)27(46)23(42)14(3)51-36/h5-9,11,14-15,21,23-25,27-31,35-44,46-50H,10,12H2,1-4H3/t14?,15?,21?,23-,24-,25+,27?,28-,29?,30-,31?,35-,36-,37+,38-/m0/s1. The van der Waals surface area contributed by atoms with Crippen molar-refractivity contribution < 1.29 is 89.0 Å². The predicted molar refractivity (Wildman–Crippen MR) is 193 cm³/mol. The molecule has 0 saturated carbocycles. The van der Waals surface area contributed by atoms with E-state index in [-0.39, 0.29) is 40.4 Å². The molecule has 11 N–H and O–H groups in total. The third kappa shape index (κ3) is 8.35. The van der Waals surface area contributed by atoms with E-state index in [0.29, 0.717) is 0 Å². The number of aliphatic hydroxyl groups excluding tert-OH is 9. The minimum absolute atomic E-state index is 0.00401. The topological polar surface area (TPSA) is 308 Å². The SMILES string of the molecule is CC(C)=CCc1c(O[C@@H]2OC(CO)[C@@H](O)[C@H](O)C2O)cc(O)c2c(=O)c(O[C@@H]3OC(C)[C@H](O)C(O)[C@@H]3O[C@@H]3OC(C)[C@H](O)C(O)[C@@H]3O)c(-c3ccc(O)cc3)oc12. The van der Waals surface area contributed by atoms with E-state index in [1.807, 2.05) is 0 Å². The average Bonchev–Trinajstić information content (AvgIpc) is 3.17. The van der Waals surface area contributed by atoms with Crippen LogP contribution >= 0.6 is 0 Å². The molecule has 15 atom stereocenters. The van der Waals surface area contributed by atoms with Gasteiger partial charge in [0.1, 0.15) is 83.2 Å². The number of fused-ring (bicyclic) bond motifs is 1. The van der Waals surface area contributed by atoms with Crippen LogP contribution in [0.25, 0.3) is 22.3 Å². The largest absolute Gasteiger partial charge is 0.508 e. The van der Waals surface area contributed by atoms with Gasteiger partial charge in [-0.2, -0.15) is 0 Å². The van der Waals surface area contributed by atoms with Gasteiger partial charge in [-0.3, -0.25) is 4.79 Å². The van der Waals surface area contributed by atoms with Crippen LogP contribution in [-0.2, 0) is 25.4 Å². The zero-order valence-corrected chi connectivity index (χ0v) is 31.2. The Morgan fingerprint density at radius 1 is 0.737 bits per heavy atom. The number of phenols is 2. The van der Waals surface area contributed by atoms with Crippen LogP contribution in [0.2, 0.25) is 0 Å². The van der Waals surface area contributed by atoms with Crippen LogP contribution in [0.5, 0.6) is 23.0 Å². The molecule has 3 fully saturated rings. The van der Waals surface area contributed by atoms with E-state index >= 15 is 0 Å². The molecule has 0 spiro atoms. The Balaban J connectivity index is 1.50. The molecule has 3 aliphatic heterocycles. The lowest BCUT2D eigenvalue weighted by Crippen LogP contribution is -2.63. The number of phenolic OH excluding ortho intramolecular Hbond substituents is 2. The van der Waals surface area contributed by atoms with Crippen LogP contribution in [0.4, 0.5) is 0 Å². The first-order valence-corrected chi connectivity index (χ1v) is 18.2. The van der Waals surface area contributed by atoms with Crippen LogP contribution < -0.4 is 14.9 Å². The third-order valence-electron chi connectivity index (χ3n) is 10.2. The van der Waals surface area contributed by atoms with Crippen LogP contribution in [0, 0.1) is 0 Å². The first-order chi connectivity index (χ1) is 26.9. The summed E-state index contributed by atoms with van der Waals surface area (Å²) in [6.07, 6.45) is -22.4. The maximum atomic E-state index is 14.6. The molecule has 3 saturated heterocycles. The average molecular weight is 809 g/mol. The summed E-state index contributed by atoms with van der Waals surface area (Å²) in [7, 11) is 0. The van der Waals surface area contributed by atoms with Gasteiger partial charge in [-0.05, 0) is 58.4 Å². The van der Waals surface area contributed by atoms with Gasteiger partial charge in [0.15, 0.2) is 18.2 Å². The van der Waals surface area contributed by atoms with Crippen molar-refractivity contribution in [2.45, 2.75) is 126 Å². The molecule has 0 radical (unpaired) electrons. The molecule has 1 aromatic heterocycles. The molecule has 0 aliphatic carbocycles. The van der Waals surface area contributed by atoms with Gasteiger partial charge in [0, 0.05) is 17.2 Å². The molecular formula is C38H48O19. The molecule has 6 unspecified atom stereocenters. The highest BCUT2D eigenvalue weighted by Crippen LogP contribution is 2.42. The van der Waals surface area contributed by atoms with Crippen molar-refractivity contribution >= 4 is 11.0 Å². The fourth-order valence-corrected chi connectivity index (χ4v) is 6.80. The Labute approximate surface area is 324 Å². The molecule has 57 heavy (non-hydrogen) atoms. The maximum absolute atomic E-state index is 14.6. The molecule has 4 heterocycles. The van der Waals surface area contributed by atoms with Crippen LogP contribution in [-0.4, -0.2) is 155 Å². The summed E-state index contributed by atoms with van der Waals surface area (Å²) in [5.74, 6) is -1.96. The summed E-state index contributed by atoms with van der Waals surface area (Å²) in [5, 5.41) is 115. The van der Waals surface area contributed by atoms with Gasteiger partial charge < -0.3 is 89.0 Å². The highest BCUT2D eigenvalue weighted by atomic mass is 16.8. The number of ether oxygens (including phenoxy) is 6. The Kier molecular flexibility index (Phi) is 12.8. The molecule has 19 nitrogen and oxygen atoms in total. The van der Waals surface area contributed by atoms with Gasteiger partial charge in [-0.1, -0.05) is 11.6 Å². The lowest BCUT2D eigenvalue weighted by atomic mass is 9.98. The molecule has 0 bridgehead atoms. The van der Waals surface area contributed by atoms with Crippen molar-refractivity contribution in [2.24, 2.45) is 0 Å². The van der Waals surface area contributed by atoms with Gasteiger partial charge in [-0.25, -0.2) is 0 Å². The smallest absolute Gasteiger partial charge is 0.239 e. The monoisotopic (exact) mass is 808 g/mol. The van der Waals surface area contributed by atoms with E-state index < -0.39 is 121 Å². The molecule has 2 aromatic carbocycles. The Bertz CT molecular complexity index is 1960. The summed E-state index contributed by atoms with van der Waals surface area (Å²) in [6.45, 7) is 5.64. The van der Waals surface area contributed by atoms with Crippen molar-refractivity contribution in [1.82, 2.24) is 0 Å². The Hall–Kier alpha value is -3.93. The van der Waals surface area contributed by atoms with E-state index in [9.17, 15) is 61.0 Å². The molecule has 3 aliphatic rings. The lowest BCUT2D eigenvalue weighted by molar-refractivity contribution is -0.352. The van der Waals surface area contributed by atoms with Crippen LogP contribution in [0.15, 0.2) is 51.2 Å². The Morgan fingerprint density at radius 2 is 1.33 bits per heavy atom. The lowest BCUT2D eigenvalue weighted by Gasteiger charge is -2.45. The van der Waals surface area contributed by atoms with E-state index in [1.165, 1.54) is 38.1 Å². The number of aliphatic hydroxyl groups is 9. The molecular weight excluding hydrogens is 760 g/mol. The first-order valence-electron chi connectivity index (χ1n) is 18.2. The van der Waals surface area contributed by atoms with Gasteiger partial charge >= 0.3 is 0 Å². The van der Waals surface area contributed by atoms with Crippen molar-refractivity contribution in [3.05, 3.63) is 57.8 Å². The van der Waals surface area contributed by atoms with Crippen LogP contribution in [0.3, 0.4) is 0 Å². The van der Waals surface area contributed by atoms with E-state index in [0.717, 1.165) is 11.6 Å². The zero-order chi connectivity index (χ0) is 41.6. The molecule has 6 rings (SSSR count). The molecule has 3 aromatic rings. The summed E-state index contributed by atoms with van der Waals surface area (Å²) in [4.78, 5) is 14.6. The highest BCUT2D eigenvalue weighted by molar-refractivity contribution is 5.91. The van der Waals surface area contributed by atoms with Gasteiger partial charge in [-0.15, -0.1) is 0 Å². The second kappa shape index (κ2) is 17.1. The van der Waals surface area contributed by atoms with Crippen molar-refractivity contribution in [3.63, 3.8) is 0 Å². The van der Waals surface area contributed by atoms with E-state index in [1.54, 1.807) is 19.9 Å². The predicted octanol–water partition coefficient (Wildman–Crippen LogP) is -1.38.